The molecule has 0 aromatic heterocycles. The maximum absolute atomic E-state index is 11.7. The molecule has 0 fully saturated rings. The molecule has 0 radical (unpaired) electrons. The Hall–Kier alpha value is -1.27. The molecule has 0 heterocycles. The van der Waals surface area contributed by atoms with Gasteiger partial charge in [-0.05, 0) is 48.8 Å². The largest absolute Gasteiger partial charge is 0.492 e. The molecule has 0 aliphatic carbocycles. The normalized spacial score (nSPS) is 11.0. The van der Waals surface area contributed by atoms with Crippen LogP contribution in [0.4, 0.5) is 10.5 Å². The van der Waals surface area contributed by atoms with E-state index in [1.807, 2.05) is 20.8 Å². The first-order chi connectivity index (χ1) is 8.81. The van der Waals surface area contributed by atoms with Crippen molar-refractivity contribution in [2.24, 2.45) is 5.73 Å². The zero-order valence-electron chi connectivity index (χ0n) is 11.3. The number of anilines is 1. The van der Waals surface area contributed by atoms with E-state index in [1.165, 1.54) is 0 Å². The Bertz CT molecular complexity index is 444. The first-order valence-electron chi connectivity index (χ1n) is 5.94. The fraction of sp³-hybridized carbons (Fsp3) is 0.462. The number of hydrogen-bond donors (Lipinski definition) is 2. The topological polar surface area (TPSA) is 73.6 Å². The molecule has 0 atom stereocenters. The lowest BCUT2D eigenvalue weighted by molar-refractivity contribution is 0.0636. The summed E-state index contributed by atoms with van der Waals surface area (Å²) in [7, 11) is 0. The van der Waals surface area contributed by atoms with Crippen molar-refractivity contribution in [2.75, 3.05) is 18.5 Å². The zero-order chi connectivity index (χ0) is 14.5. The number of nitrogens with one attached hydrogen (secondary N) is 1. The van der Waals surface area contributed by atoms with E-state index in [0.717, 1.165) is 4.47 Å². The van der Waals surface area contributed by atoms with E-state index in [-0.39, 0.29) is 0 Å². The van der Waals surface area contributed by atoms with Crippen molar-refractivity contribution in [2.45, 2.75) is 26.4 Å². The molecule has 0 spiro atoms. The van der Waals surface area contributed by atoms with Gasteiger partial charge in [-0.1, -0.05) is 0 Å². The average Bonchev–Trinajstić information content (AvgIpc) is 2.27. The van der Waals surface area contributed by atoms with E-state index in [2.05, 4.69) is 21.2 Å². The van der Waals surface area contributed by atoms with Gasteiger partial charge in [0.25, 0.3) is 0 Å². The summed E-state index contributed by atoms with van der Waals surface area (Å²) in [4.78, 5) is 11.7. The van der Waals surface area contributed by atoms with Gasteiger partial charge in [0.15, 0.2) is 0 Å². The molecule has 0 aliphatic heterocycles. The second kappa shape index (κ2) is 6.77. The van der Waals surface area contributed by atoms with Crippen LogP contribution in [0.1, 0.15) is 20.8 Å². The molecular formula is C13H19BrN2O3. The summed E-state index contributed by atoms with van der Waals surface area (Å²) in [5, 5.41) is 2.66. The van der Waals surface area contributed by atoms with Crippen molar-refractivity contribution < 1.29 is 14.3 Å². The third-order valence-electron chi connectivity index (χ3n) is 1.96. The zero-order valence-corrected chi connectivity index (χ0v) is 12.9. The molecule has 1 aromatic rings. The van der Waals surface area contributed by atoms with Crippen LogP contribution in [0, 0.1) is 0 Å². The minimum absolute atomic E-state index is 0.424. The van der Waals surface area contributed by atoms with Crippen molar-refractivity contribution >= 4 is 27.7 Å². The maximum Gasteiger partial charge on any atom is 0.412 e. The molecule has 1 aromatic carbocycles. The number of ether oxygens (including phenoxy) is 2. The number of carbonyl (C=O) groups excluding carboxylic acids is 1. The van der Waals surface area contributed by atoms with Crippen molar-refractivity contribution in [3.05, 3.63) is 22.7 Å². The summed E-state index contributed by atoms with van der Waals surface area (Å²) < 4.78 is 11.3. The van der Waals surface area contributed by atoms with Gasteiger partial charge in [-0.25, -0.2) is 4.79 Å². The van der Waals surface area contributed by atoms with Crippen LogP contribution >= 0.6 is 15.9 Å². The van der Waals surface area contributed by atoms with Crippen LogP contribution in [0.25, 0.3) is 0 Å². The Labute approximate surface area is 121 Å². The fourth-order valence-corrected chi connectivity index (χ4v) is 1.63. The van der Waals surface area contributed by atoms with Crippen LogP contribution in [0.15, 0.2) is 22.7 Å². The lowest BCUT2D eigenvalue weighted by Crippen LogP contribution is -2.27. The Balaban J connectivity index is 2.73. The predicted molar refractivity (Wildman–Crippen MR) is 78.5 cm³/mol. The first kappa shape index (κ1) is 15.8. The Morgan fingerprint density at radius 3 is 2.68 bits per heavy atom. The smallest absolute Gasteiger partial charge is 0.412 e. The van der Waals surface area contributed by atoms with Gasteiger partial charge < -0.3 is 15.2 Å². The Kier molecular flexibility index (Phi) is 5.62. The van der Waals surface area contributed by atoms with E-state index in [9.17, 15) is 4.79 Å². The number of hydrogen-bond acceptors (Lipinski definition) is 4. The van der Waals surface area contributed by atoms with Gasteiger partial charge in [0, 0.05) is 17.1 Å². The third kappa shape index (κ3) is 5.94. The summed E-state index contributed by atoms with van der Waals surface area (Å²) >= 11 is 3.36. The number of nitrogens with two attached hydrogens (primary N) is 1. The second-order valence-corrected chi connectivity index (χ2v) is 5.76. The molecule has 5 nitrogen and oxygen atoms in total. The van der Waals surface area contributed by atoms with Gasteiger partial charge in [-0.3, -0.25) is 5.32 Å². The Morgan fingerprint density at radius 1 is 1.42 bits per heavy atom. The van der Waals surface area contributed by atoms with Crippen LogP contribution in [-0.4, -0.2) is 24.8 Å². The van der Waals surface area contributed by atoms with Crippen LogP contribution < -0.4 is 15.8 Å². The van der Waals surface area contributed by atoms with Crippen molar-refractivity contribution in [3.8, 4) is 5.75 Å². The highest BCUT2D eigenvalue weighted by atomic mass is 79.9. The van der Waals surface area contributed by atoms with Crippen LogP contribution in [0.2, 0.25) is 0 Å². The highest BCUT2D eigenvalue weighted by Crippen LogP contribution is 2.27. The lowest BCUT2D eigenvalue weighted by atomic mass is 10.2. The second-order valence-electron chi connectivity index (χ2n) is 4.91. The summed E-state index contributed by atoms with van der Waals surface area (Å²) in [5.74, 6) is 0.639. The van der Waals surface area contributed by atoms with Gasteiger partial charge in [0.2, 0.25) is 0 Å². The average molecular weight is 331 g/mol. The van der Waals surface area contributed by atoms with E-state index >= 15 is 0 Å². The minimum Gasteiger partial charge on any atom is -0.492 e. The fourth-order valence-electron chi connectivity index (χ4n) is 1.28. The molecule has 1 rings (SSSR count). The number of amides is 1. The van der Waals surface area contributed by atoms with E-state index in [0.29, 0.717) is 24.6 Å². The molecule has 0 saturated heterocycles. The van der Waals surface area contributed by atoms with E-state index in [1.54, 1.807) is 18.2 Å². The Morgan fingerprint density at radius 2 is 2.11 bits per heavy atom. The van der Waals surface area contributed by atoms with Crippen LogP contribution in [-0.2, 0) is 4.74 Å². The number of halogens is 1. The van der Waals surface area contributed by atoms with Crippen LogP contribution in [0.3, 0.4) is 0 Å². The number of benzene rings is 1. The monoisotopic (exact) mass is 330 g/mol. The predicted octanol–water partition coefficient (Wildman–Crippen LogP) is 3.13. The summed E-state index contributed by atoms with van der Waals surface area (Å²) in [6, 6.07) is 5.29. The third-order valence-corrected chi connectivity index (χ3v) is 2.65. The van der Waals surface area contributed by atoms with Gasteiger partial charge >= 0.3 is 6.09 Å². The van der Waals surface area contributed by atoms with E-state index < -0.39 is 11.7 Å². The van der Waals surface area contributed by atoms with Gasteiger partial charge in [0.1, 0.15) is 18.0 Å². The SMILES string of the molecule is CC(C)(C)OC(=O)Nc1cc(OCCN)ccc1Br. The molecule has 19 heavy (non-hydrogen) atoms. The highest BCUT2D eigenvalue weighted by molar-refractivity contribution is 9.10. The molecule has 0 unspecified atom stereocenters. The summed E-state index contributed by atoms with van der Waals surface area (Å²) in [5.41, 5.74) is 5.42. The summed E-state index contributed by atoms with van der Waals surface area (Å²) in [6.07, 6.45) is -0.510. The maximum atomic E-state index is 11.7. The molecule has 0 bridgehead atoms. The van der Waals surface area contributed by atoms with E-state index in [4.69, 9.17) is 15.2 Å². The van der Waals surface area contributed by atoms with Crippen molar-refractivity contribution in [3.63, 3.8) is 0 Å². The number of carbonyl (C=O) groups is 1. The van der Waals surface area contributed by atoms with Crippen molar-refractivity contribution in [1.29, 1.82) is 0 Å². The van der Waals surface area contributed by atoms with Crippen molar-refractivity contribution in [1.82, 2.24) is 0 Å². The molecule has 1 amide bonds. The molecule has 3 N–H and O–H groups in total. The first-order valence-corrected chi connectivity index (χ1v) is 6.73. The summed E-state index contributed by atoms with van der Waals surface area (Å²) in [6.45, 7) is 6.28. The quantitative estimate of drug-likeness (QED) is 0.889. The molecule has 0 aliphatic rings. The minimum atomic E-state index is -0.537. The molecule has 106 valence electrons. The number of rotatable bonds is 4. The van der Waals surface area contributed by atoms with Gasteiger partial charge in [0.05, 0.1) is 5.69 Å². The van der Waals surface area contributed by atoms with Gasteiger partial charge in [-0.2, -0.15) is 0 Å². The standard InChI is InChI=1S/C13H19BrN2O3/c1-13(2,3)19-12(17)16-11-8-9(18-7-6-15)4-5-10(11)14/h4-5,8H,6-7,15H2,1-3H3,(H,16,17). The lowest BCUT2D eigenvalue weighted by Gasteiger charge is -2.20. The molecule has 6 heteroatoms. The molecule has 0 saturated carbocycles. The highest BCUT2D eigenvalue weighted by Gasteiger charge is 2.17. The molecular weight excluding hydrogens is 312 g/mol. The van der Waals surface area contributed by atoms with Gasteiger partial charge in [-0.15, -0.1) is 0 Å². The van der Waals surface area contributed by atoms with Crippen LogP contribution in [0.5, 0.6) is 5.75 Å².